The molecule has 0 saturated heterocycles. The van der Waals surface area contributed by atoms with E-state index in [4.69, 9.17) is 0 Å². The van der Waals surface area contributed by atoms with Gasteiger partial charge in [-0.2, -0.15) is 0 Å². The molecule has 0 N–H and O–H groups in total. The van der Waals surface area contributed by atoms with Crippen molar-refractivity contribution >= 4 is 5.91 Å². The molecular formula is C17H27N2O+. The Balaban J connectivity index is 2.26. The van der Waals surface area contributed by atoms with Gasteiger partial charge in [0.05, 0.1) is 5.56 Å². The van der Waals surface area contributed by atoms with Crippen LogP contribution in [0, 0.1) is 0 Å². The second-order valence-corrected chi connectivity index (χ2v) is 6.89. The first-order valence-corrected chi connectivity index (χ1v) is 7.68. The SMILES string of the molecule is C[n+]1ccc(C(=O)N(C2CCCCC2)C(C)(C)C)cc1. The van der Waals surface area contributed by atoms with Gasteiger partial charge >= 0.3 is 0 Å². The van der Waals surface area contributed by atoms with Crippen LogP contribution < -0.4 is 4.57 Å². The summed E-state index contributed by atoms with van der Waals surface area (Å²) < 4.78 is 1.96. The number of carbonyl (C=O) groups is 1. The molecule has 0 spiro atoms. The fourth-order valence-electron chi connectivity index (χ4n) is 3.14. The summed E-state index contributed by atoms with van der Waals surface area (Å²) in [5, 5.41) is 0. The number of hydrogen-bond donors (Lipinski definition) is 0. The van der Waals surface area contributed by atoms with Crippen molar-refractivity contribution in [2.75, 3.05) is 0 Å². The van der Waals surface area contributed by atoms with Crippen molar-refractivity contribution in [1.82, 2.24) is 4.90 Å². The molecule has 0 aromatic carbocycles. The summed E-state index contributed by atoms with van der Waals surface area (Å²) in [4.78, 5) is 15.0. The topological polar surface area (TPSA) is 24.2 Å². The summed E-state index contributed by atoms with van der Waals surface area (Å²) in [6.45, 7) is 6.42. The van der Waals surface area contributed by atoms with Crippen molar-refractivity contribution in [1.29, 1.82) is 0 Å². The lowest BCUT2D eigenvalue weighted by Crippen LogP contribution is -2.52. The molecule has 1 fully saturated rings. The second-order valence-electron chi connectivity index (χ2n) is 6.89. The second kappa shape index (κ2) is 5.94. The Morgan fingerprint density at radius 2 is 1.70 bits per heavy atom. The van der Waals surface area contributed by atoms with E-state index in [0.717, 1.165) is 18.4 Å². The van der Waals surface area contributed by atoms with Crippen molar-refractivity contribution in [3.05, 3.63) is 30.1 Å². The van der Waals surface area contributed by atoms with Gasteiger partial charge in [0.2, 0.25) is 0 Å². The van der Waals surface area contributed by atoms with E-state index in [2.05, 4.69) is 25.7 Å². The monoisotopic (exact) mass is 275 g/mol. The average molecular weight is 275 g/mol. The van der Waals surface area contributed by atoms with Crippen molar-refractivity contribution < 1.29 is 9.36 Å². The molecule has 0 atom stereocenters. The first-order chi connectivity index (χ1) is 9.39. The largest absolute Gasteiger partial charge is 0.331 e. The number of carbonyl (C=O) groups excluding carboxylic acids is 1. The quantitative estimate of drug-likeness (QED) is 0.761. The van der Waals surface area contributed by atoms with Crippen LogP contribution >= 0.6 is 0 Å². The Hall–Kier alpha value is -1.38. The molecule has 110 valence electrons. The standard InChI is InChI=1S/C17H27N2O/c1-17(2,3)19(15-8-6-5-7-9-15)16(20)14-10-12-18(4)13-11-14/h10-13,15H,5-9H2,1-4H3/q+1. The Kier molecular flexibility index (Phi) is 4.46. The molecule has 1 amide bonds. The van der Waals surface area contributed by atoms with E-state index < -0.39 is 0 Å². The Morgan fingerprint density at radius 3 is 2.20 bits per heavy atom. The number of pyridine rings is 1. The molecule has 1 aromatic rings. The van der Waals surface area contributed by atoms with Gasteiger partial charge in [-0.05, 0) is 33.6 Å². The van der Waals surface area contributed by atoms with Crippen molar-refractivity contribution in [2.24, 2.45) is 7.05 Å². The van der Waals surface area contributed by atoms with Gasteiger partial charge < -0.3 is 4.90 Å². The first kappa shape index (κ1) is 15.0. The maximum atomic E-state index is 12.9. The van der Waals surface area contributed by atoms with Gasteiger partial charge in [-0.1, -0.05) is 19.3 Å². The molecule has 1 aliphatic rings. The number of nitrogens with zero attached hydrogens (tertiary/aromatic N) is 2. The van der Waals surface area contributed by atoms with Crippen molar-refractivity contribution in [3.8, 4) is 0 Å². The number of hydrogen-bond acceptors (Lipinski definition) is 1. The van der Waals surface area contributed by atoms with Gasteiger partial charge in [-0.3, -0.25) is 4.79 Å². The van der Waals surface area contributed by atoms with E-state index >= 15 is 0 Å². The molecule has 0 radical (unpaired) electrons. The van der Waals surface area contributed by atoms with Gasteiger partial charge in [-0.25, -0.2) is 4.57 Å². The van der Waals surface area contributed by atoms with Crippen molar-refractivity contribution in [3.63, 3.8) is 0 Å². The van der Waals surface area contributed by atoms with Gasteiger partial charge in [0.1, 0.15) is 7.05 Å². The highest BCUT2D eigenvalue weighted by molar-refractivity contribution is 5.94. The van der Waals surface area contributed by atoms with Crippen LogP contribution in [0.15, 0.2) is 24.5 Å². The Morgan fingerprint density at radius 1 is 1.15 bits per heavy atom. The van der Waals surface area contributed by atoms with Gasteiger partial charge in [0, 0.05) is 23.7 Å². The molecule has 0 bridgehead atoms. The predicted octanol–water partition coefficient (Wildman–Crippen LogP) is 3.08. The van der Waals surface area contributed by atoms with Crippen molar-refractivity contribution in [2.45, 2.75) is 64.5 Å². The van der Waals surface area contributed by atoms with Gasteiger partial charge in [0.15, 0.2) is 12.4 Å². The van der Waals surface area contributed by atoms with Crippen LogP contribution in [0.4, 0.5) is 0 Å². The molecule has 3 heteroatoms. The van der Waals surface area contributed by atoms with E-state index in [-0.39, 0.29) is 11.4 Å². The zero-order valence-electron chi connectivity index (χ0n) is 13.2. The lowest BCUT2D eigenvalue weighted by Gasteiger charge is -2.43. The minimum atomic E-state index is -0.128. The molecule has 3 nitrogen and oxygen atoms in total. The highest BCUT2D eigenvalue weighted by Crippen LogP contribution is 2.29. The predicted molar refractivity (Wildman–Crippen MR) is 80.4 cm³/mol. The summed E-state index contributed by atoms with van der Waals surface area (Å²) in [5.74, 6) is 0.171. The summed E-state index contributed by atoms with van der Waals surface area (Å²) in [6.07, 6.45) is 9.96. The Labute approximate surface area is 122 Å². The molecule has 1 saturated carbocycles. The minimum absolute atomic E-state index is 0.128. The molecule has 0 unspecified atom stereocenters. The highest BCUT2D eigenvalue weighted by Gasteiger charge is 2.34. The highest BCUT2D eigenvalue weighted by atomic mass is 16.2. The van der Waals surface area contributed by atoms with Crippen LogP contribution in [0.1, 0.15) is 63.2 Å². The number of aromatic nitrogens is 1. The number of amides is 1. The smallest absolute Gasteiger partial charge is 0.254 e. The molecule has 0 aliphatic heterocycles. The van der Waals surface area contributed by atoms with E-state index in [1.54, 1.807) is 0 Å². The van der Waals surface area contributed by atoms with E-state index in [0.29, 0.717) is 6.04 Å². The average Bonchev–Trinajstić information content (AvgIpc) is 2.39. The molecule has 1 aromatic heterocycles. The molecule has 1 aliphatic carbocycles. The van der Waals surface area contributed by atoms with Gasteiger partial charge in [-0.15, -0.1) is 0 Å². The maximum absolute atomic E-state index is 12.9. The normalized spacial score (nSPS) is 17.0. The van der Waals surface area contributed by atoms with Crippen LogP contribution in [0.2, 0.25) is 0 Å². The summed E-state index contributed by atoms with van der Waals surface area (Å²) in [5.41, 5.74) is 0.667. The Bertz CT molecular complexity index is 453. The molecule has 2 rings (SSSR count). The maximum Gasteiger partial charge on any atom is 0.254 e. The lowest BCUT2D eigenvalue weighted by atomic mass is 9.90. The van der Waals surface area contributed by atoms with E-state index in [9.17, 15) is 4.79 Å². The zero-order valence-corrected chi connectivity index (χ0v) is 13.2. The summed E-state index contributed by atoms with van der Waals surface area (Å²) in [7, 11) is 1.97. The summed E-state index contributed by atoms with van der Waals surface area (Å²) >= 11 is 0. The van der Waals surface area contributed by atoms with Crippen LogP contribution in [0.5, 0.6) is 0 Å². The van der Waals surface area contributed by atoms with Crippen LogP contribution in [-0.4, -0.2) is 22.4 Å². The molecule has 20 heavy (non-hydrogen) atoms. The minimum Gasteiger partial charge on any atom is -0.331 e. The third-order valence-corrected chi connectivity index (χ3v) is 4.11. The third-order valence-electron chi connectivity index (χ3n) is 4.11. The van der Waals surface area contributed by atoms with Crippen LogP contribution in [-0.2, 0) is 7.05 Å². The van der Waals surface area contributed by atoms with E-state index in [1.807, 2.05) is 36.1 Å². The lowest BCUT2D eigenvalue weighted by molar-refractivity contribution is -0.671. The first-order valence-electron chi connectivity index (χ1n) is 7.68. The van der Waals surface area contributed by atoms with Crippen LogP contribution in [0.25, 0.3) is 0 Å². The fourth-order valence-corrected chi connectivity index (χ4v) is 3.14. The van der Waals surface area contributed by atoms with Gasteiger partial charge in [0.25, 0.3) is 5.91 Å². The molecule has 1 heterocycles. The third kappa shape index (κ3) is 3.38. The van der Waals surface area contributed by atoms with E-state index in [1.165, 1.54) is 19.3 Å². The van der Waals surface area contributed by atoms with Crippen LogP contribution in [0.3, 0.4) is 0 Å². The fraction of sp³-hybridized carbons (Fsp3) is 0.647. The molecular weight excluding hydrogens is 248 g/mol. The number of aryl methyl sites for hydroxylation is 1. The zero-order chi connectivity index (χ0) is 14.8. The summed E-state index contributed by atoms with van der Waals surface area (Å²) in [6, 6.07) is 4.23. The number of rotatable bonds is 2.